The first-order valence-electron chi connectivity index (χ1n) is 5.22. The molecule has 15 heavy (non-hydrogen) atoms. The second-order valence-corrected chi connectivity index (χ2v) is 3.91. The summed E-state index contributed by atoms with van der Waals surface area (Å²) in [5.41, 5.74) is 0.489. The van der Waals surface area contributed by atoms with Gasteiger partial charge in [-0.1, -0.05) is 12.8 Å². The summed E-state index contributed by atoms with van der Waals surface area (Å²) in [5, 5.41) is 9.04. The van der Waals surface area contributed by atoms with Crippen molar-refractivity contribution in [1.29, 1.82) is 0 Å². The molecule has 1 N–H and O–H groups in total. The van der Waals surface area contributed by atoms with Crippen LogP contribution < -0.4 is 0 Å². The zero-order chi connectivity index (χ0) is 10.7. The van der Waals surface area contributed by atoms with E-state index in [4.69, 9.17) is 9.84 Å². The molecule has 0 bridgehead atoms. The molecule has 3 nitrogen and oxygen atoms in total. The number of phenols is 1. The highest BCUT2D eigenvalue weighted by atomic mass is 16.5. The number of phenolic OH excluding ortho intramolecular Hbond substituents is 1. The average molecular weight is 206 g/mol. The highest BCUT2D eigenvalue weighted by Gasteiger charge is 2.21. The summed E-state index contributed by atoms with van der Waals surface area (Å²) < 4.78 is 5.10. The molecule has 0 spiro atoms. The van der Waals surface area contributed by atoms with E-state index in [1.54, 1.807) is 12.1 Å². The van der Waals surface area contributed by atoms with Crippen LogP contribution in [0, 0.1) is 5.92 Å². The van der Waals surface area contributed by atoms with Gasteiger partial charge in [-0.15, -0.1) is 0 Å². The molecule has 80 valence electrons. The first-order valence-corrected chi connectivity index (χ1v) is 5.22. The van der Waals surface area contributed by atoms with Crippen LogP contribution in [0.5, 0.6) is 5.75 Å². The van der Waals surface area contributed by atoms with Crippen LogP contribution in [0.1, 0.15) is 29.6 Å². The van der Waals surface area contributed by atoms with Crippen molar-refractivity contribution in [1.82, 2.24) is 0 Å². The fourth-order valence-electron chi connectivity index (χ4n) is 1.41. The maximum absolute atomic E-state index is 11.5. The smallest absolute Gasteiger partial charge is 0.338 e. The van der Waals surface area contributed by atoms with Crippen LogP contribution in [-0.2, 0) is 4.74 Å². The number of hydrogen-bond donors (Lipinski definition) is 1. The van der Waals surface area contributed by atoms with Crippen LogP contribution in [0.15, 0.2) is 24.3 Å². The molecule has 1 aliphatic rings. The van der Waals surface area contributed by atoms with Crippen LogP contribution in [0.3, 0.4) is 0 Å². The maximum Gasteiger partial charge on any atom is 0.338 e. The van der Waals surface area contributed by atoms with Crippen LogP contribution in [0.2, 0.25) is 0 Å². The van der Waals surface area contributed by atoms with Gasteiger partial charge in [0.05, 0.1) is 12.2 Å². The number of aromatic hydroxyl groups is 1. The third-order valence-electron chi connectivity index (χ3n) is 2.56. The van der Waals surface area contributed by atoms with E-state index in [0.717, 1.165) is 12.3 Å². The van der Waals surface area contributed by atoms with Crippen molar-refractivity contribution >= 4 is 5.97 Å². The van der Waals surface area contributed by atoms with E-state index in [1.165, 1.54) is 25.0 Å². The summed E-state index contributed by atoms with van der Waals surface area (Å²) in [4.78, 5) is 11.5. The van der Waals surface area contributed by atoms with E-state index < -0.39 is 0 Å². The van der Waals surface area contributed by atoms with Crippen molar-refractivity contribution in [2.75, 3.05) is 6.61 Å². The number of ether oxygens (including phenoxy) is 1. The molecule has 1 aromatic carbocycles. The van der Waals surface area contributed by atoms with E-state index in [1.807, 2.05) is 0 Å². The quantitative estimate of drug-likeness (QED) is 0.769. The molecule has 0 saturated heterocycles. The van der Waals surface area contributed by atoms with Gasteiger partial charge < -0.3 is 9.84 Å². The minimum Gasteiger partial charge on any atom is -0.508 e. The molecule has 2 rings (SSSR count). The highest BCUT2D eigenvalue weighted by Crippen LogP contribution is 2.32. The number of esters is 1. The minimum atomic E-state index is -0.310. The van der Waals surface area contributed by atoms with Gasteiger partial charge in [0.1, 0.15) is 5.75 Å². The monoisotopic (exact) mass is 206 g/mol. The van der Waals surface area contributed by atoms with Crippen LogP contribution in [-0.4, -0.2) is 17.7 Å². The van der Waals surface area contributed by atoms with Gasteiger partial charge in [-0.05, 0) is 36.6 Å². The number of carbonyl (C=O) groups excluding carboxylic acids is 1. The third-order valence-corrected chi connectivity index (χ3v) is 2.56. The van der Waals surface area contributed by atoms with Crippen LogP contribution >= 0.6 is 0 Å². The molecule has 1 aromatic rings. The molecule has 1 aliphatic carbocycles. The first kappa shape index (κ1) is 10.0. The third kappa shape index (κ3) is 2.98. The van der Waals surface area contributed by atoms with Crippen molar-refractivity contribution in [2.45, 2.75) is 19.3 Å². The predicted molar refractivity (Wildman–Crippen MR) is 55.7 cm³/mol. The van der Waals surface area contributed by atoms with E-state index in [9.17, 15) is 4.79 Å². The van der Waals surface area contributed by atoms with Crippen molar-refractivity contribution in [2.24, 2.45) is 5.92 Å². The number of carbonyl (C=O) groups is 1. The van der Waals surface area contributed by atoms with Gasteiger partial charge in [0.2, 0.25) is 0 Å². The molecule has 0 heterocycles. The van der Waals surface area contributed by atoms with E-state index >= 15 is 0 Å². The van der Waals surface area contributed by atoms with E-state index in [2.05, 4.69) is 0 Å². The summed E-state index contributed by atoms with van der Waals surface area (Å²) in [7, 11) is 0. The van der Waals surface area contributed by atoms with Crippen molar-refractivity contribution < 1.29 is 14.6 Å². The molecule has 3 heteroatoms. The Morgan fingerprint density at radius 3 is 2.60 bits per heavy atom. The van der Waals surface area contributed by atoms with Gasteiger partial charge in [0.15, 0.2) is 0 Å². The zero-order valence-corrected chi connectivity index (χ0v) is 8.48. The lowest BCUT2D eigenvalue weighted by Gasteiger charge is -2.03. The lowest BCUT2D eigenvalue weighted by molar-refractivity contribution is 0.0495. The maximum atomic E-state index is 11.5. The summed E-state index contributed by atoms with van der Waals surface area (Å²) in [6, 6.07) is 6.10. The highest BCUT2D eigenvalue weighted by molar-refractivity contribution is 5.89. The molecule has 0 unspecified atom stereocenters. The molecule has 0 atom stereocenters. The second-order valence-electron chi connectivity index (χ2n) is 3.91. The Kier molecular flexibility index (Phi) is 2.90. The fourth-order valence-corrected chi connectivity index (χ4v) is 1.41. The standard InChI is InChI=1S/C12H14O3/c13-11-5-3-10(4-6-11)12(14)15-8-7-9-1-2-9/h3-6,9,13H,1-2,7-8H2. The van der Waals surface area contributed by atoms with Gasteiger partial charge in [-0.25, -0.2) is 4.79 Å². The lowest BCUT2D eigenvalue weighted by Crippen LogP contribution is -2.06. The molecule has 0 aromatic heterocycles. The van der Waals surface area contributed by atoms with Crippen molar-refractivity contribution in [3.05, 3.63) is 29.8 Å². The van der Waals surface area contributed by atoms with Gasteiger partial charge in [0.25, 0.3) is 0 Å². The Balaban J connectivity index is 1.81. The Bertz CT molecular complexity index is 338. The van der Waals surface area contributed by atoms with Gasteiger partial charge in [0, 0.05) is 0 Å². The largest absolute Gasteiger partial charge is 0.508 e. The molecule has 1 saturated carbocycles. The molecular formula is C12H14O3. The molecule has 1 fully saturated rings. The van der Waals surface area contributed by atoms with Gasteiger partial charge in [-0.2, -0.15) is 0 Å². The lowest BCUT2D eigenvalue weighted by atomic mass is 10.2. The SMILES string of the molecule is O=C(OCCC1CC1)c1ccc(O)cc1. The normalized spacial score (nSPS) is 14.9. The Hall–Kier alpha value is -1.51. The van der Waals surface area contributed by atoms with Gasteiger partial charge in [-0.3, -0.25) is 0 Å². The van der Waals surface area contributed by atoms with E-state index in [-0.39, 0.29) is 11.7 Å². The average Bonchev–Trinajstić information content (AvgIpc) is 3.02. The fraction of sp³-hybridized carbons (Fsp3) is 0.417. The topological polar surface area (TPSA) is 46.5 Å². The molecule has 0 aliphatic heterocycles. The molecule has 0 amide bonds. The van der Waals surface area contributed by atoms with E-state index in [0.29, 0.717) is 12.2 Å². The summed E-state index contributed by atoms with van der Waals surface area (Å²) in [6.07, 6.45) is 3.53. The Morgan fingerprint density at radius 2 is 2.00 bits per heavy atom. The first-order chi connectivity index (χ1) is 7.25. The summed E-state index contributed by atoms with van der Waals surface area (Å²) in [5.74, 6) is 0.623. The number of rotatable bonds is 4. The number of benzene rings is 1. The number of hydrogen-bond acceptors (Lipinski definition) is 3. The van der Waals surface area contributed by atoms with Crippen molar-refractivity contribution in [3.63, 3.8) is 0 Å². The predicted octanol–water partition coefficient (Wildman–Crippen LogP) is 2.35. The minimum absolute atomic E-state index is 0.157. The van der Waals surface area contributed by atoms with Crippen LogP contribution in [0.25, 0.3) is 0 Å². The summed E-state index contributed by atoms with van der Waals surface area (Å²) >= 11 is 0. The Morgan fingerprint density at radius 1 is 1.33 bits per heavy atom. The van der Waals surface area contributed by atoms with Crippen LogP contribution in [0.4, 0.5) is 0 Å². The second kappa shape index (κ2) is 4.34. The summed E-state index contributed by atoms with van der Waals surface area (Å²) in [6.45, 7) is 0.504. The van der Waals surface area contributed by atoms with Crippen molar-refractivity contribution in [3.8, 4) is 5.75 Å². The molecule has 0 radical (unpaired) electrons. The molecular weight excluding hydrogens is 192 g/mol. The Labute approximate surface area is 88.7 Å². The van der Waals surface area contributed by atoms with Gasteiger partial charge >= 0.3 is 5.97 Å². The zero-order valence-electron chi connectivity index (χ0n) is 8.48.